The minimum Gasteiger partial charge on any atom is -0.352 e. The molecule has 1 heterocycles. The van der Waals surface area contributed by atoms with E-state index in [0.29, 0.717) is 19.6 Å². The summed E-state index contributed by atoms with van der Waals surface area (Å²) in [6, 6.07) is 8.16. The van der Waals surface area contributed by atoms with Crippen molar-refractivity contribution in [2.24, 2.45) is 5.92 Å². The number of piperidine rings is 1. The first-order valence-electron chi connectivity index (χ1n) is 7.71. The number of carbonyl (C=O) groups excluding carboxylic acids is 1. The number of carbonyl (C=O) groups is 1. The third-order valence-corrected chi connectivity index (χ3v) is 5.39. The van der Waals surface area contributed by atoms with Gasteiger partial charge in [-0.1, -0.05) is 31.2 Å². The molecule has 0 bridgehead atoms. The Hall–Kier alpha value is -1.40. The molecule has 5 nitrogen and oxygen atoms in total. The lowest BCUT2D eigenvalue weighted by atomic mass is 9.98. The molecule has 1 unspecified atom stereocenters. The van der Waals surface area contributed by atoms with Crippen LogP contribution in [0.2, 0.25) is 0 Å². The molecule has 1 atom stereocenters. The van der Waals surface area contributed by atoms with Crippen LogP contribution in [0, 0.1) is 5.92 Å². The minimum atomic E-state index is -3.21. The van der Waals surface area contributed by atoms with Crippen molar-refractivity contribution < 1.29 is 13.2 Å². The molecular formula is C16H24N2O3S. The lowest BCUT2D eigenvalue weighted by Crippen LogP contribution is -2.44. The number of amides is 1. The highest BCUT2D eigenvalue weighted by Gasteiger charge is 2.29. The zero-order valence-electron chi connectivity index (χ0n) is 13.2. The van der Waals surface area contributed by atoms with E-state index in [-0.39, 0.29) is 11.8 Å². The first-order chi connectivity index (χ1) is 10.4. The van der Waals surface area contributed by atoms with Gasteiger partial charge in [0.05, 0.1) is 12.2 Å². The normalized spacial score (nSPS) is 19.8. The van der Waals surface area contributed by atoms with Crippen molar-refractivity contribution in [3.05, 3.63) is 35.4 Å². The third kappa shape index (κ3) is 4.55. The number of nitrogens with one attached hydrogen (secondary N) is 1. The van der Waals surface area contributed by atoms with Gasteiger partial charge in [-0.05, 0) is 30.4 Å². The standard InChI is InChI=1S/C16H24N2O3S/c1-3-13-6-8-14(9-7-13)11-17-16(19)15-5-4-10-18(12-15)22(2,20)21/h6-9,15H,3-5,10-12H2,1-2H3,(H,17,19). The summed E-state index contributed by atoms with van der Waals surface area (Å²) in [6.07, 6.45) is 3.67. The second-order valence-electron chi connectivity index (χ2n) is 5.85. The summed E-state index contributed by atoms with van der Waals surface area (Å²) in [5.41, 5.74) is 2.33. The van der Waals surface area contributed by atoms with Crippen molar-refractivity contribution in [3.63, 3.8) is 0 Å². The molecule has 1 aromatic carbocycles. The fourth-order valence-corrected chi connectivity index (χ4v) is 3.60. The molecule has 0 spiro atoms. The van der Waals surface area contributed by atoms with Gasteiger partial charge < -0.3 is 5.32 Å². The van der Waals surface area contributed by atoms with E-state index in [9.17, 15) is 13.2 Å². The average Bonchev–Trinajstić information content (AvgIpc) is 2.52. The van der Waals surface area contributed by atoms with E-state index in [2.05, 4.69) is 24.4 Å². The molecule has 1 fully saturated rings. The topological polar surface area (TPSA) is 66.5 Å². The molecule has 1 aliphatic rings. The van der Waals surface area contributed by atoms with Crippen molar-refractivity contribution in [2.75, 3.05) is 19.3 Å². The summed E-state index contributed by atoms with van der Waals surface area (Å²) in [7, 11) is -3.21. The maximum Gasteiger partial charge on any atom is 0.224 e. The van der Waals surface area contributed by atoms with E-state index >= 15 is 0 Å². The Kier molecular flexibility index (Phi) is 5.58. The Morgan fingerprint density at radius 2 is 1.91 bits per heavy atom. The third-order valence-electron chi connectivity index (χ3n) is 4.12. The molecule has 22 heavy (non-hydrogen) atoms. The van der Waals surface area contributed by atoms with Crippen LogP contribution in [0.15, 0.2) is 24.3 Å². The molecule has 6 heteroatoms. The molecule has 0 radical (unpaired) electrons. The first-order valence-corrected chi connectivity index (χ1v) is 9.55. The summed E-state index contributed by atoms with van der Waals surface area (Å²) < 4.78 is 24.6. The highest BCUT2D eigenvalue weighted by molar-refractivity contribution is 7.88. The van der Waals surface area contributed by atoms with Gasteiger partial charge in [0.2, 0.25) is 15.9 Å². The smallest absolute Gasteiger partial charge is 0.224 e. The second-order valence-corrected chi connectivity index (χ2v) is 7.83. The van der Waals surface area contributed by atoms with Crippen LogP contribution in [0.25, 0.3) is 0 Å². The lowest BCUT2D eigenvalue weighted by molar-refractivity contribution is -0.126. The van der Waals surface area contributed by atoms with Crippen molar-refractivity contribution in [1.29, 1.82) is 0 Å². The Labute approximate surface area is 132 Å². The molecule has 0 aromatic heterocycles. The summed E-state index contributed by atoms with van der Waals surface area (Å²) in [5, 5.41) is 2.92. The van der Waals surface area contributed by atoms with Crippen LogP contribution in [0.3, 0.4) is 0 Å². The lowest BCUT2D eigenvalue weighted by Gasteiger charge is -2.30. The fourth-order valence-electron chi connectivity index (χ4n) is 2.68. The predicted molar refractivity (Wildman–Crippen MR) is 86.8 cm³/mol. The summed E-state index contributed by atoms with van der Waals surface area (Å²) in [5.74, 6) is -0.314. The summed E-state index contributed by atoms with van der Waals surface area (Å²) >= 11 is 0. The Bertz CT molecular complexity index is 611. The van der Waals surface area contributed by atoms with E-state index in [4.69, 9.17) is 0 Å². The van der Waals surface area contributed by atoms with Gasteiger partial charge in [0, 0.05) is 19.6 Å². The quantitative estimate of drug-likeness (QED) is 0.893. The first kappa shape index (κ1) is 17.0. The number of hydrogen-bond acceptors (Lipinski definition) is 3. The average molecular weight is 324 g/mol. The Balaban J connectivity index is 1.88. The highest BCUT2D eigenvalue weighted by Crippen LogP contribution is 2.19. The van der Waals surface area contributed by atoms with Gasteiger partial charge in [0.1, 0.15) is 0 Å². The number of sulfonamides is 1. The molecule has 0 aliphatic carbocycles. The van der Waals surface area contributed by atoms with Gasteiger partial charge in [0.25, 0.3) is 0 Å². The van der Waals surface area contributed by atoms with E-state index in [1.54, 1.807) is 0 Å². The summed E-state index contributed by atoms with van der Waals surface area (Å²) in [6.45, 7) is 3.39. The van der Waals surface area contributed by atoms with Crippen molar-refractivity contribution in [1.82, 2.24) is 9.62 Å². The van der Waals surface area contributed by atoms with E-state index in [1.807, 2.05) is 12.1 Å². The fraction of sp³-hybridized carbons (Fsp3) is 0.562. The van der Waals surface area contributed by atoms with Gasteiger partial charge in [-0.2, -0.15) is 0 Å². The molecule has 0 saturated carbocycles. The Morgan fingerprint density at radius 1 is 1.27 bits per heavy atom. The highest BCUT2D eigenvalue weighted by atomic mass is 32.2. The van der Waals surface area contributed by atoms with Gasteiger partial charge in [0.15, 0.2) is 0 Å². The van der Waals surface area contributed by atoms with Crippen LogP contribution < -0.4 is 5.32 Å². The molecule has 1 aromatic rings. The minimum absolute atomic E-state index is 0.0621. The molecule has 1 amide bonds. The monoisotopic (exact) mass is 324 g/mol. The largest absolute Gasteiger partial charge is 0.352 e. The van der Waals surface area contributed by atoms with Crippen molar-refractivity contribution in [2.45, 2.75) is 32.7 Å². The van der Waals surface area contributed by atoms with Gasteiger partial charge >= 0.3 is 0 Å². The number of rotatable bonds is 5. The molecule has 122 valence electrons. The molecule has 1 aliphatic heterocycles. The van der Waals surface area contributed by atoms with Gasteiger partial charge in [-0.15, -0.1) is 0 Å². The van der Waals surface area contributed by atoms with Gasteiger partial charge in [-0.25, -0.2) is 12.7 Å². The number of benzene rings is 1. The second kappa shape index (κ2) is 7.24. The Morgan fingerprint density at radius 3 is 2.50 bits per heavy atom. The van der Waals surface area contributed by atoms with Crippen LogP contribution in [0.5, 0.6) is 0 Å². The molecule has 2 rings (SSSR count). The molecular weight excluding hydrogens is 300 g/mol. The van der Waals surface area contributed by atoms with Crippen LogP contribution in [-0.2, 0) is 27.8 Å². The number of hydrogen-bond donors (Lipinski definition) is 1. The maximum atomic E-state index is 12.2. The molecule has 1 N–H and O–H groups in total. The molecule has 1 saturated heterocycles. The zero-order valence-corrected chi connectivity index (χ0v) is 14.0. The van der Waals surface area contributed by atoms with E-state index in [0.717, 1.165) is 24.8 Å². The SMILES string of the molecule is CCc1ccc(CNC(=O)C2CCCN(S(C)(=O)=O)C2)cc1. The van der Waals surface area contributed by atoms with Crippen LogP contribution in [0.1, 0.15) is 30.9 Å². The van der Waals surface area contributed by atoms with E-state index < -0.39 is 10.0 Å². The van der Waals surface area contributed by atoms with Crippen molar-refractivity contribution in [3.8, 4) is 0 Å². The predicted octanol–water partition coefficient (Wildman–Crippen LogP) is 1.54. The van der Waals surface area contributed by atoms with Crippen molar-refractivity contribution >= 4 is 15.9 Å². The van der Waals surface area contributed by atoms with E-state index in [1.165, 1.54) is 16.1 Å². The van der Waals surface area contributed by atoms with Gasteiger partial charge in [-0.3, -0.25) is 4.79 Å². The van der Waals surface area contributed by atoms with Crippen LogP contribution in [0.4, 0.5) is 0 Å². The summed E-state index contributed by atoms with van der Waals surface area (Å²) in [4.78, 5) is 12.2. The maximum absolute atomic E-state index is 12.2. The number of nitrogens with zero attached hydrogens (tertiary/aromatic N) is 1. The van der Waals surface area contributed by atoms with Crippen LogP contribution >= 0.6 is 0 Å². The zero-order chi connectivity index (χ0) is 16.2. The number of aryl methyl sites for hydroxylation is 1. The van der Waals surface area contributed by atoms with Crippen LogP contribution in [-0.4, -0.2) is 38.0 Å².